The molecule has 0 radical (unpaired) electrons. The van der Waals surface area contributed by atoms with Crippen molar-refractivity contribution in [1.82, 2.24) is 0 Å². The van der Waals surface area contributed by atoms with Crippen molar-refractivity contribution in [2.45, 2.75) is 20.0 Å². The number of ketones is 1. The Balaban J connectivity index is 1.57. The van der Waals surface area contributed by atoms with E-state index in [1.54, 1.807) is 61.5 Å². The molecule has 0 heterocycles. The third kappa shape index (κ3) is 6.45. The summed E-state index contributed by atoms with van der Waals surface area (Å²) in [7, 11) is 0. The molecule has 31 heavy (non-hydrogen) atoms. The minimum atomic E-state index is -0.870. The van der Waals surface area contributed by atoms with Crippen molar-refractivity contribution in [2.24, 2.45) is 0 Å². The average Bonchev–Trinajstić information content (AvgIpc) is 2.75. The molecular formula is C25H20Cl2O4. The highest BCUT2D eigenvalue weighted by atomic mass is 35.5. The summed E-state index contributed by atoms with van der Waals surface area (Å²) in [5.41, 5.74) is 2.53. The van der Waals surface area contributed by atoms with Crippen LogP contribution >= 0.6 is 23.2 Å². The lowest BCUT2D eigenvalue weighted by molar-refractivity contribution is -0.141. The van der Waals surface area contributed by atoms with Crippen molar-refractivity contribution < 1.29 is 19.1 Å². The zero-order chi connectivity index (χ0) is 22.4. The second-order valence-corrected chi connectivity index (χ2v) is 7.73. The molecule has 0 aliphatic carbocycles. The zero-order valence-electron chi connectivity index (χ0n) is 17.0. The fraction of sp³-hybridized carbons (Fsp3) is 0.120. The normalized spacial score (nSPS) is 11.9. The SMILES string of the molecule is Cc1ccc(C(=O)/C=C/c2ccc(OC(=O)C(C)Oc3ccc(Cl)cc3Cl)cc2)cc1. The van der Waals surface area contributed by atoms with Crippen LogP contribution < -0.4 is 9.47 Å². The van der Waals surface area contributed by atoms with Crippen molar-refractivity contribution in [2.75, 3.05) is 0 Å². The number of carbonyl (C=O) groups is 2. The zero-order valence-corrected chi connectivity index (χ0v) is 18.5. The molecule has 0 saturated heterocycles. The third-order valence-electron chi connectivity index (χ3n) is 4.39. The largest absolute Gasteiger partial charge is 0.477 e. The molecule has 0 aromatic heterocycles. The third-order valence-corrected chi connectivity index (χ3v) is 4.92. The number of benzene rings is 3. The molecule has 0 saturated carbocycles. The van der Waals surface area contributed by atoms with Crippen molar-refractivity contribution in [3.63, 3.8) is 0 Å². The fourth-order valence-corrected chi connectivity index (χ4v) is 3.09. The lowest BCUT2D eigenvalue weighted by atomic mass is 10.1. The first-order valence-corrected chi connectivity index (χ1v) is 10.3. The van der Waals surface area contributed by atoms with Crippen LogP contribution in [0, 0.1) is 6.92 Å². The molecule has 0 fully saturated rings. The number of hydrogen-bond acceptors (Lipinski definition) is 4. The van der Waals surface area contributed by atoms with Crippen LogP contribution in [0.1, 0.15) is 28.4 Å². The van der Waals surface area contributed by atoms with Crippen LogP contribution in [0.4, 0.5) is 0 Å². The molecular weight excluding hydrogens is 435 g/mol. The standard InChI is InChI=1S/C25H20Cl2O4/c1-16-3-8-19(9-4-16)23(28)13-7-18-5-11-21(12-6-18)31-25(29)17(2)30-24-14-10-20(26)15-22(24)27/h3-15,17H,1-2H3/b13-7+. The van der Waals surface area contributed by atoms with Crippen molar-refractivity contribution in [1.29, 1.82) is 0 Å². The summed E-state index contributed by atoms with van der Waals surface area (Å²) >= 11 is 11.9. The number of hydrogen-bond donors (Lipinski definition) is 0. The van der Waals surface area contributed by atoms with Crippen molar-refractivity contribution in [3.8, 4) is 11.5 Å². The van der Waals surface area contributed by atoms with E-state index in [0.717, 1.165) is 11.1 Å². The molecule has 1 atom stereocenters. The smallest absolute Gasteiger partial charge is 0.352 e. The van der Waals surface area contributed by atoms with E-state index in [1.807, 2.05) is 19.1 Å². The molecule has 158 valence electrons. The molecule has 3 aromatic rings. The minimum Gasteiger partial charge on any atom is -0.477 e. The highest BCUT2D eigenvalue weighted by Gasteiger charge is 2.18. The van der Waals surface area contributed by atoms with Gasteiger partial charge < -0.3 is 9.47 Å². The highest BCUT2D eigenvalue weighted by molar-refractivity contribution is 6.35. The van der Waals surface area contributed by atoms with Gasteiger partial charge in [0.25, 0.3) is 0 Å². The van der Waals surface area contributed by atoms with E-state index in [-0.39, 0.29) is 5.78 Å². The Labute approximate surface area is 191 Å². The molecule has 3 aromatic carbocycles. The van der Waals surface area contributed by atoms with Crippen LogP contribution in [0.3, 0.4) is 0 Å². The van der Waals surface area contributed by atoms with Crippen molar-refractivity contribution in [3.05, 3.63) is 99.5 Å². The van der Waals surface area contributed by atoms with Gasteiger partial charge in [0, 0.05) is 10.6 Å². The summed E-state index contributed by atoms with van der Waals surface area (Å²) in [6, 6.07) is 18.9. The molecule has 0 amide bonds. The quantitative estimate of drug-likeness (QED) is 0.175. The fourth-order valence-electron chi connectivity index (χ4n) is 2.64. The predicted octanol–water partition coefficient (Wildman–Crippen LogP) is 6.57. The Morgan fingerprint density at radius 2 is 1.61 bits per heavy atom. The summed E-state index contributed by atoms with van der Waals surface area (Å²) in [6.07, 6.45) is 2.35. The first-order valence-electron chi connectivity index (χ1n) is 9.54. The lowest BCUT2D eigenvalue weighted by Gasteiger charge is -2.15. The molecule has 6 heteroatoms. The predicted molar refractivity (Wildman–Crippen MR) is 123 cm³/mol. The summed E-state index contributed by atoms with van der Waals surface area (Å²) in [5.74, 6) is 0.0603. The molecule has 0 N–H and O–H groups in total. The van der Waals surface area contributed by atoms with Gasteiger partial charge in [0.1, 0.15) is 11.5 Å². The summed E-state index contributed by atoms with van der Waals surface area (Å²) in [4.78, 5) is 24.5. The molecule has 0 aliphatic rings. The van der Waals surface area contributed by atoms with Crippen LogP contribution in [-0.4, -0.2) is 17.9 Å². The topological polar surface area (TPSA) is 52.6 Å². The Kier molecular flexibility index (Phi) is 7.50. The van der Waals surface area contributed by atoms with E-state index >= 15 is 0 Å². The Morgan fingerprint density at radius 1 is 0.935 bits per heavy atom. The molecule has 0 aliphatic heterocycles. The van der Waals surface area contributed by atoms with E-state index in [4.69, 9.17) is 32.7 Å². The second-order valence-electron chi connectivity index (χ2n) is 6.89. The van der Waals surface area contributed by atoms with Gasteiger partial charge in [-0.1, -0.05) is 71.2 Å². The molecule has 3 rings (SSSR count). The Hall–Kier alpha value is -3.08. The molecule has 0 spiro atoms. The van der Waals surface area contributed by atoms with Gasteiger partial charge in [-0.3, -0.25) is 4.79 Å². The first kappa shape index (κ1) is 22.6. The summed E-state index contributed by atoms with van der Waals surface area (Å²) in [5, 5.41) is 0.783. The maximum Gasteiger partial charge on any atom is 0.352 e. The van der Waals surface area contributed by atoms with E-state index < -0.39 is 12.1 Å². The summed E-state index contributed by atoms with van der Waals surface area (Å²) < 4.78 is 10.9. The van der Waals surface area contributed by atoms with Crippen LogP contribution in [0.5, 0.6) is 11.5 Å². The van der Waals surface area contributed by atoms with Gasteiger partial charge in [-0.25, -0.2) is 4.79 Å². The molecule has 4 nitrogen and oxygen atoms in total. The number of aryl methyl sites for hydroxylation is 1. The highest BCUT2D eigenvalue weighted by Crippen LogP contribution is 2.28. The number of rotatable bonds is 7. The second kappa shape index (κ2) is 10.3. The Morgan fingerprint density at radius 3 is 2.26 bits per heavy atom. The van der Waals surface area contributed by atoms with Gasteiger partial charge in [0.2, 0.25) is 0 Å². The minimum absolute atomic E-state index is 0.0812. The van der Waals surface area contributed by atoms with E-state index in [1.165, 1.54) is 12.1 Å². The number of esters is 1. The number of ether oxygens (including phenoxy) is 2. The van der Waals surface area contributed by atoms with Gasteiger partial charge in [0.15, 0.2) is 11.9 Å². The van der Waals surface area contributed by atoms with Gasteiger partial charge in [-0.2, -0.15) is 0 Å². The Bertz CT molecular complexity index is 1100. The van der Waals surface area contributed by atoms with Gasteiger partial charge in [0.05, 0.1) is 5.02 Å². The first-order chi connectivity index (χ1) is 14.8. The van der Waals surface area contributed by atoms with E-state index in [9.17, 15) is 9.59 Å². The maximum atomic E-state index is 12.3. The van der Waals surface area contributed by atoms with Crippen LogP contribution in [-0.2, 0) is 4.79 Å². The number of halogens is 2. The summed E-state index contributed by atoms with van der Waals surface area (Å²) in [6.45, 7) is 3.54. The lowest BCUT2D eigenvalue weighted by Crippen LogP contribution is -2.28. The maximum absolute atomic E-state index is 12.3. The van der Waals surface area contributed by atoms with Crippen LogP contribution in [0.15, 0.2) is 72.8 Å². The van der Waals surface area contributed by atoms with Crippen LogP contribution in [0.25, 0.3) is 6.08 Å². The molecule has 0 bridgehead atoms. The van der Waals surface area contributed by atoms with Gasteiger partial charge in [-0.05, 0) is 55.8 Å². The number of carbonyl (C=O) groups excluding carboxylic acids is 2. The van der Waals surface area contributed by atoms with Gasteiger partial charge in [-0.15, -0.1) is 0 Å². The monoisotopic (exact) mass is 454 g/mol. The van der Waals surface area contributed by atoms with E-state index in [0.29, 0.717) is 27.1 Å². The average molecular weight is 455 g/mol. The van der Waals surface area contributed by atoms with Crippen LogP contribution in [0.2, 0.25) is 10.0 Å². The van der Waals surface area contributed by atoms with Crippen molar-refractivity contribution >= 4 is 41.0 Å². The number of allylic oxidation sites excluding steroid dienone is 1. The molecule has 1 unspecified atom stereocenters. The van der Waals surface area contributed by atoms with Gasteiger partial charge >= 0.3 is 5.97 Å². The van der Waals surface area contributed by atoms with E-state index in [2.05, 4.69) is 0 Å².